The largest absolute Gasteiger partial charge is 0.454 e. The number of para-hydroxylation sites is 1. The molecule has 2 heterocycles. The number of fused-ring (bicyclic) bond motifs is 1. The van der Waals surface area contributed by atoms with E-state index in [-0.39, 0.29) is 29.7 Å². The highest BCUT2D eigenvalue weighted by Gasteiger charge is 2.36. The molecular formula is C24H14ClN3O9S. The second kappa shape index (κ2) is 10.0. The number of hydrogen-bond acceptors (Lipinski definition) is 10. The van der Waals surface area contributed by atoms with Crippen molar-refractivity contribution in [2.45, 2.75) is 6.54 Å². The van der Waals surface area contributed by atoms with Crippen molar-refractivity contribution < 1.29 is 33.6 Å². The lowest BCUT2D eigenvalue weighted by Gasteiger charge is -2.14. The lowest BCUT2D eigenvalue weighted by Crippen LogP contribution is -2.27. The smallest absolute Gasteiger partial charge is 0.318 e. The number of ether oxygens (including phenoxy) is 3. The summed E-state index contributed by atoms with van der Waals surface area (Å²) in [5.74, 6) is 0.267. The molecule has 0 spiro atoms. The van der Waals surface area contributed by atoms with Crippen LogP contribution in [-0.4, -0.2) is 32.7 Å². The number of hydrogen-bond donors (Lipinski definition) is 0. The average Bonchev–Trinajstić information content (AvgIpc) is 3.44. The number of amides is 2. The molecule has 192 valence electrons. The van der Waals surface area contributed by atoms with Crippen LogP contribution in [0, 0.1) is 20.2 Å². The molecule has 38 heavy (non-hydrogen) atoms. The van der Waals surface area contributed by atoms with Gasteiger partial charge in [0, 0.05) is 22.7 Å². The molecule has 0 atom stereocenters. The molecule has 3 aromatic rings. The molecule has 14 heteroatoms. The van der Waals surface area contributed by atoms with E-state index in [1.807, 2.05) is 0 Å². The molecule has 1 fully saturated rings. The summed E-state index contributed by atoms with van der Waals surface area (Å²) in [6.07, 6.45) is 1.43. The lowest BCUT2D eigenvalue weighted by molar-refractivity contribution is -0.394. The first-order valence-electron chi connectivity index (χ1n) is 10.7. The van der Waals surface area contributed by atoms with Crippen molar-refractivity contribution in [3.8, 4) is 23.0 Å². The Kier molecular flexibility index (Phi) is 6.61. The minimum atomic E-state index is -0.794. The number of carbonyl (C=O) groups is 2. The van der Waals surface area contributed by atoms with E-state index < -0.39 is 32.4 Å². The van der Waals surface area contributed by atoms with Crippen LogP contribution < -0.4 is 14.2 Å². The van der Waals surface area contributed by atoms with Gasteiger partial charge in [-0.05, 0) is 41.6 Å². The SMILES string of the molecule is O=C1S/C(=C/c2ccccc2Oc2ccc([N+](=O)[O-])cc2[N+](=O)[O-])C(=O)N1Cc1cc2c(cc1Cl)OCO2. The zero-order valence-electron chi connectivity index (χ0n) is 19.0. The minimum absolute atomic E-state index is 0.0456. The van der Waals surface area contributed by atoms with Crippen LogP contribution in [-0.2, 0) is 11.3 Å². The highest BCUT2D eigenvalue weighted by atomic mass is 35.5. The third kappa shape index (κ3) is 4.84. The molecule has 1 saturated heterocycles. The zero-order chi connectivity index (χ0) is 27.0. The van der Waals surface area contributed by atoms with Gasteiger partial charge in [0.2, 0.25) is 12.5 Å². The van der Waals surface area contributed by atoms with Gasteiger partial charge >= 0.3 is 5.69 Å². The number of halogens is 1. The van der Waals surface area contributed by atoms with Gasteiger partial charge in [0.1, 0.15) is 5.75 Å². The summed E-state index contributed by atoms with van der Waals surface area (Å²) in [6, 6.07) is 12.5. The molecule has 0 N–H and O–H groups in total. The van der Waals surface area contributed by atoms with Gasteiger partial charge in [-0.1, -0.05) is 29.8 Å². The van der Waals surface area contributed by atoms with Gasteiger partial charge in [-0.2, -0.15) is 0 Å². The summed E-state index contributed by atoms with van der Waals surface area (Å²) in [5.41, 5.74) is -0.219. The van der Waals surface area contributed by atoms with Crippen LogP contribution in [0.4, 0.5) is 16.2 Å². The molecule has 0 bridgehead atoms. The van der Waals surface area contributed by atoms with Crippen molar-refractivity contribution >= 4 is 52.0 Å². The Morgan fingerprint density at radius 2 is 1.74 bits per heavy atom. The molecule has 0 unspecified atom stereocenters. The van der Waals surface area contributed by atoms with Crippen LogP contribution in [0.2, 0.25) is 5.02 Å². The fourth-order valence-corrected chi connectivity index (χ4v) is 4.73. The van der Waals surface area contributed by atoms with Crippen LogP contribution in [0.5, 0.6) is 23.0 Å². The van der Waals surface area contributed by atoms with Crippen molar-refractivity contribution in [1.29, 1.82) is 0 Å². The number of nitro groups is 2. The maximum atomic E-state index is 13.1. The molecule has 5 rings (SSSR count). The first kappa shape index (κ1) is 25.0. The number of benzene rings is 3. The Bertz CT molecular complexity index is 1560. The average molecular weight is 556 g/mol. The van der Waals surface area contributed by atoms with Crippen LogP contribution in [0.3, 0.4) is 0 Å². The highest BCUT2D eigenvalue weighted by molar-refractivity contribution is 8.18. The van der Waals surface area contributed by atoms with Gasteiger partial charge in [-0.25, -0.2) is 0 Å². The number of thioether (sulfide) groups is 1. The van der Waals surface area contributed by atoms with Crippen molar-refractivity contribution in [3.05, 3.63) is 95.9 Å². The van der Waals surface area contributed by atoms with E-state index in [2.05, 4.69) is 0 Å². The van der Waals surface area contributed by atoms with Gasteiger partial charge in [-0.3, -0.25) is 34.7 Å². The molecule has 3 aromatic carbocycles. The predicted molar refractivity (Wildman–Crippen MR) is 135 cm³/mol. The zero-order valence-corrected chi connectivity index (χ0v) is 20.6. The fourth-order valence-electron chi connectivity index (χ4n) is 3.69. The van der Waals surface area contributed by atoms with Crippen LogP contribution in [0.15, 0.2) is 59.5 Å². The fraction of sp³-hybridized carbons (Fsp3) is 0.0833. The third-order valence-corrected chi connectivity index (χ3v) is 6.78. The second-order valence-corrected chi connectivity index (χ2v) is 9.27. The van der Waals surface area contributed by atoms with Crippen molar-refractivity contribution in [3.63, 3.8) is 0 Å². The summed E-state index contributed by atoms with van der Waals surface area (Å²) in [5, 5.41) is 22.3. The third-order valence-electron chi connectivity index (χ3n) is 5.52. The van der Waals surface area contributed by atoms with E-state index in [1.54, 1.807) is 30.3 Å². The van der Waals surface area contributed by atoms with E-state index in [0.29, 0.717) is 39.4 Å². The summed E-state index contributed by atoms with van der Waals surface area (Å²) in [7, 11) is 0. The predicted octanol–water partition coefficient (Wildman–Crippen LogP) is 5.91. The van der Waals surface area contributed by atoms with E-state index in [1.165, 1.54) is 12.1 Å². The molecule has 0 aromatic heterocycles. The minimum Gasteiger partial charge on any atom is -0.454 e. The van der Waals surface area contributed by atoms with E-state index in [0.717, 1.165) is 23.1 Å². The number of imide groups is 1. The molecule has 0 saturated carbocycles. The highest BCUT2D eigenvalue weighted by Crippen LogP contribution is 2.41. The summed E-state index contributed by atoms with van der Waals surface area (Å²) in [6.45, 7) is -0.0471. The van der Waals surface area contributed by atoms with E-state index in [4.69, 9.17) is 25.8 Å². The summed E-state index contributed by atoms with van der Waals surface area (Å²) < 4.78 is 16.3. The quantitative estimate of drug-likeness (QED) is 0.195. The normalized spacial score (nSPS) is 15.3. The monoisotopic (exact) mass is 555 g/mol. The topological polar surface area (TPSA) is 151 Å². The maximum Gasteiger partial charge on any atom is 0.318 e. The van der Waals surface area contributed by atoms with Gasteiger partial charge in [0.05, 0.1) is 27.4 Å². The second-order valence-electron chi connectivity index (χ2n) is 7.87. The first-order valence-corrected chi connectivity index (χ1v) is 11.9. The van der Waals surface area contributed by atoms with E-state index in [9.17, 15) is 29.8 Å². The Morgan fingerprint density at radius 1 is 1.00 bits per heavy atom. The molecular weight excluding hydrogens is 542 g/mol. The van der Waals surface area contributed by atoms with Gasteiger partial charge in [0.15, 0.2) is 11.5 Å². The van der Waals surface area contributed by atoms with Gasteiger partial charge in [0.25, 0.3) is 16.8 Å². The van der Waals surface area contributed by atoms with Gasteiger partial charge in [-0.15, -0.1) is 0 Å². The van der Waals surface area contributed by atoms with Crippen molar-refractivity contribution in [2.24, 2.45) is 0 Å². The summed E-state index contributed by atoms with van der Waals surface area (Å²) in [4.78, 5) is 47.9. The number of nitro benzene ring substituents is 2. The van der Waals surface area contributed by atoms with Crippen LogP contribution in [0.1, 0.15) is 11.1 Å². The maximum absolute atomic E-state index is 13.1. The molecule has 2 aliphatic rings. The lowest BCUT2D eigenvalue weighted by atomic mass is 10.1. The number of non-ortho nitro benzene ring substituents is 1. The van der Waals surface area contributed by atoms with Gasteiger partial charge < -0.3 is 14.2 Å². The number of nitrogens with zero attached hydrogens (tertiary/aromatic N) is 3. The van der Waals surface area contributed by atoms with Crippen molar-refractivity contribution in [1.82, 2.24) is 4.90 Å². The van der Waals surface area contributed by atoms with Crippen LogP contribution >= 0.6 is 23.4 Å². The Labute approximate surface area is 222 Å². The number of carbonyl (C=O) groups excluding carboxylic acids is 2. The van der Waals surface area contributed by atoms with Crippen LogP contribution in [0.25, 0.3) is 6.08 Å². The Hall–Kier alpha value is -4.62. The molecule has 12 nitrogen and oxygen atoms in total. The molecule has 0 aliphatic carbocycles. The molecule has 2 aliphatic heterocycles. The first-order chi connectivity index (χ1) is 18.2. The molecule has 2 amide bonds. The Balaban J connectivity index is 1.41. The van der Waals surface area contributed by atoms with E-state index >= 15 is 0 Å². The Morgan fingerprint density at radius 3 is 2.47 bits per heavy atom. The number of rotatable bonds is 7. The molecule has 0 radical (unpaired) electrons. The standard InChI is InChI=1S/C24H14ClN3O9S/c25-16-10-21-20(35-12-36-21)7-14(16)11-26-23(29)22(38-24(26)30)8-13-3-1-2-4-18(13)37-19-6-5-15(27(31)32)9-17(19)28(33)34/h1-10H,11-12H2/b22-8+. The van der Waals surface area contributed by atoms with Crippen molar-refractivity contribution in [2.75, 3.05) is 6.79 Å². The summed E-state index contributed by atoms with van der Waals surface area (Å²) >= 11 is 7.02.